The van der Waals surface area contributed by atoms with Crippen LogP contribution in [0.15, 0.2) is 24.3 Å². The molecule has 0 saturated heterocycles. The second kappa shape index (κ2) is 4.33. The van der Waals surface area contributed by atoms with Gasteiger partial charge in [0.15, 0.2) is 0 Å². The molecule has 0 heterocycles. The maximum Gasteiger partial charge on any atom is 0.0986 e. The summed E-state index contributed by atoms with van der Waals surface area (Å²) < 4.78 is 0. The van der Waals surface area contributed by atoms with Gasteiger partial charge in [0.25, 0.3) is 0 Å². The van der Waals surface area contributed by atoms with Crippen molar-refractivity contribution in [2.75, 3.05) is 0 Å². The second-order valence-corrected chi connectivity index (χ2v) is 7.14. The van der Waals surface area contributed by atoms with E-state index in [0.717, 1.165) is 24.8 Å². The van der Waals surface area contributed by atoms with E-state index in [1.807, 2.05) is 0 Å². The molecule has 1 aromatic carbocycles. The molecule has 0 aliphatic heterocycles. The van der Waals surface area contributed by atoms with Crippen molar-refractivity contribution in [3.63, 3.8) is 0 Å². The number of carboxylic acid groups (broad SMARTS) is 1. The summed E-state index contributed by atoms with van der Waals surface area (Å²) in [5, 5.41) is 22.4. The van der Waals surface area contributed by atoms with Crippen molar-refractivity contribution in [3.8, 4) is 0 Å². The molecule has 3 aliphatic rings. The standard InChI is InChI=1S/C18H22O3/c19-16(20)12-6-8-13(9-7-12)18(21)15-5-3-11-17(18)10-2-1-4-14(15)17/h6-9,14-15,21H,1-5,10-11H2,(H,19,20)/p-1/t14-,15+,17-,18?/m0/s1. The van der Waals surface area contributed by atoms with Crippen molar-refractivity contribution < 1.29 is 15.0 Å². The van der Waals surface area contributed by atoms with Gasteiger partial charge in [0.1, 0.15) is 0 Å². The highest BCUT2D eigenvalue weighted by molar-refractivity contribution is 5.85. The van der Waals surface area contributed by atoms with Crippen LogP contribution in [0.5, 0.6) is 0 Å². The smallest absolute Gasteiger partial charge is 0.0986 e. The molecule has 4 atom stereocenters. The Morgan fingerprint density at radius 2 is 1.71 bits per heavy atom. The molecule has 3 nitrogen and oxygen atoms in total. The van der Waals surface area contributed by atoms with Gasteiger partial charge in [0, 0.05) is 5.41 Å². The topological polar surface area (TPSA) is 60.4 Å². The Bertz CT molecular complexity index is 573. The molecule has 3 saturated carbocycles. The number of aliphatic hydroxyl groups is 1. The molecule has 2 bridgehead atoms. The molecule has 1 N–H and O–H groups in total. The zero-order chi connectivity index (χ0) is 14.7. The Balaban J connectivity index is 1.74. The lowest BCUT2D eigenvalue weighted by atomic mass is 9.34. The maximum absolute atomic E-state index is 11.5. The third-order valence-corrected chi connectivity index (χ3v) is 6.58. The lowest BCUT2D eigenvalue weighted by molar-refractivity contribution is -0.312. The molecular weight excluding hydrogens is 264 g/mol. The van der Waals surface area contributed by atoms with Gasteiger partial charge in [-0.3, -0.25) is 0 Å². The number of carbonyl (C=O) groups excluding carboxylic acids is 1. The van der Waals surface area contributed by atoms with E-state index in [1.54, 1.807) is 24.3 Å². The summed E-state index contributed by atoms with van der Waals surface area (Å²) in [7, 11) is 0. The molecule has 3 heteroatoms. The first-order valence-corrected chi connectivity index (χ1v) is 8.14. The van der Waals surface area contributed by atoms with Gasteiger partial charge in [0.2, 0.25) is 0 Å². The quantitative estimate of drug-likeness (QED) is 0.906. The van der Waals surface area contributed by atoms with Crippen LogP contribution < -0.4 is 5.11 Å². The van der Waals surface area contributed by atoms with E-state index in [1.165, 1.54) is 25.7 Å². The highest BCUT2D eigenvalue weighted by Gasteiger charge is 2.72. The van der Waals surface area contributed by atoms with Crippen LogP contribution in [0.4, 0.5) is 0 Å². The number of carbonyl (C=O) groups is 1. The Kier molecular flexibility index (Phi) is 2.74. The summed E-state index contributed by atoms with van der Waals surface area (Å²) in [5.41, 5.74) is 0.415. The fourth-order valence-corrected chi connectivity index (χ4v) is 5.80. The lowest BCUT2D eigenvalue weighted by Crippen LogP contribution is -2.71. The van der Waals surface area contributed by atoms with Crippen molar-refractivity contribution in [3.05, 3.63) is 35.4 Å². The first kappa shape index (κ1) is 13.3. The predicted molar refractivity (Wildman–Crippen MR) is 76.4 cm³/mol. The van der Waals surface area contributed by atoms with Crippen LogP contribution >= 0.6 is 0 Å². The van der Waals surface area contributed by atoms with Crippen LogP contribution in [-0.2, 0) is 5.60 Å². The summed E-state index contributed by atoms with van der Waals surface area (Å²) in [6, 6.07) is 6.75. The van der Waals surface area contributed by atoms with Crippen LogP contribution in [-0.4, -0.2) is 11.1 Å². The number of carboxylic acids is 1. The van der Waals surface area contributed by atoms with Gasteiger partial charge in [-0.2, -0.15) is 0 Å². The summed E-state index contributed by atoms with van der Waals surface area (Å²) in [5.74, 6) is -0.123. The van der Waals surface area contributed by atoms with E-state index in [2.05, 4.69) is 0 Å². The first-order chi connectivity index (χ1) is 10.1. The van der Waals surface area contributed by atoms with Gasteiger partial charge in [-0.25, -0.2) is 0 Å². The number of fused-ring (bicyclic) bond motifs is 2. The average Bonchev–Trinajstić information content (AvgIpc) is 2.53. The second-order valence-electron chi connectivity index (χ2n) is 7.14. The highest BCUT2D eigenvalue weighted by atomic mass is 16.4. The van der Waals surface area contributed by atoms with Crippen LogP contribution in [0.2, 0.25) is 0 Å². The Hall–Kier alpha value is -1.35. The minimum Gasteiger partial charge on any atom is -0.545 e. The normalized spacial score (nSPS) is 41.0. The molecule has 0 radical (unpaired) electrons. The monoisotopic (exact) mass is 285 g/mol. The summed E-state index contributed by atoms with van der Waals surface area (Å²) in [6.45, 7) is 0. The number of rotatable bonds is 2. The zero-order valence-electron chi connectivity index (χ0n) is 12.2. The van der Waals surface area contributed by atoms with Crippen molar-refractivity contribution in [2.24, 2.45) is 17.3 Å². The third kappa shape index (κ3) is 1.50. The fraction of sp³-hybridized carbons (Fsp3) is 0.611. The molecule has 4 rings (SSSR count). The van der Waals surface area contributed by atoms with Gasteiger partial charge in [0.05, 0.1) is 11.6 Å². The number of aromatic carboxylic acids is 1. The number of hydrogen-bond acceptors (Lipinski definition) is 3. The van der Waals surface area contributed by atoms with E-state index in [9.17, 15) is 15.0 Å². The third-order valence-electron chi connectivity index (χ3n) is 6.58. The molecule has 3 aliphatic carbocycles. The Labute approximate surface area is 125 Å². The molecular formula is C18H21O3-. The van der Waals surface area contributed by atoms with Gasteiger partial charge in [-0.15, -0.1) is 0 Å². The largest absolute Gasteiger partial charge is 0.545 e. The molecule has 0 aromatic heterocycles. The van der Waals surface area contributed by atoms with E-state index in [0.29, 0.717) is 11.8 Å². The van der Waals surface area contributed by atoms with E-state index in [-0.39, 0.29) is 11.0 Å². The SMILES string of the molecule is O=C([O-])c1ccc(C2(O)[C@@H]3CCC[C@]24CCCC[C@@H]34)cc1. The maximum atomic E-state index is 11.5. The van der Waals surface area contributed by atoms with Crippen molar-refractivity contribution in [1.82, 2.24) is 0 Å². The lowest BCUT2D eigenvalue weighted by Gasteiger charge is -2.72. The van der Waals surface area contributed by atoms with Crippen LogP contribution in [0.25, 0.3) is 0 Å². The molecule has 21 heavy (non-hydrogen) atoms. The zero-order valence-corrected chi connectivity index (χ0v) is 12.2. The number of hydrogen-bond donors (Lipinski definition) is 1. The van der Waals surface area contributed by atoms with Crippen LogP contribution in [0, 0.1) is 17.3 Å². The van der Waals surface area contributed by atoms with Crippen LogP contribution in [0.1, 0.15) is 60.9 Å². The summed E-state index contributed by atoms with van der Waals surface area (Å²) >= 11 is 0. The fourth-order valence-electron chi connectivity index (χ4n) is 5.80. The van der Waals surface area contributed by atoms with Crippen molar-refractivity contribution >= 4 is 5.97 Å². The Morgan fingerprint density at radius 3 is 2.43 bits per heavy atom. The van der Waals surface area contributed by atoms with Gasteiger partial charge < -0.3 is 15.0 Å². The van der Waals surface area contributed by atoms with Crippen LogP contribution in [0.3, 0.4) is 0 Å². The molecule has 3 fully saturated rings. The van der Waals surface area contributed by atoms with Gasteiger partial charge >= 0.3 is 0 Å². The molecule has 1 unspecified atom stereocenters. The minimum atomic E-state index is -1.16. The molecule has 112 valence electrons. The highest BCUT2D eigenvalue weighted by Crippen LogP contribution is 2.74. The Morgan fingerprint density at radius 1 is 1.05 bits per heavy atom. The van der Waals surface area contributed by atoms with Gasteiger partial charge in [-0.1, -0.05) is 43.5 Å². The molecule has 0 amide bonds. The van der Waals surface area contributed by atoms with E-state index in [4.69, 9.17) is 0 Å². The van der Waals surface area contributed by atoms with Gasteiger partial charge in [-0.05, 0) is 48.6 Å². The van der Waals surface area contributed by atoms with E-state index < -0.39 is 11.6 Å². The number of benzene rings is 1. The summed E-state index contributed by atoms with van der Waals surface area (Å²) in [4.78, 5) is 10.9. The first-order valence-electron chi connectivity index (χ1n) is 8.14. The molecule has 1 spiro atoms. The summed E-state index contributed by atoms with van der Waals surface area (Å²) in [6.07, 6.45) is 8.32. The predicted octanol–water partition coefficient (Wildman–Crippen LogP) is 2.23. The minimum absolute atomic E-state index is 0.0527. The average molecular weight is 285 g/mol. The van der Waals surface area contributed by atoms with Crippen molar-refractivity contribution in [2.45, 2.75) is 50.5 Å². The molecule has 1 aromatic rings. The van der Waals surface area contributed by atoms with Crippen molar-refractivity contribution in [1.29, 1.82) is 0 Å². The van der Waals surface area contributed by atoms with E-state index >= 15 is 0 Å².